The zero-order valence-corrected chi connectivity index (χ0v) is 10.9. The monoisotopic (exact) mass is 252 g/mol. The van der Waals surface area contributed by atoms with E-state index >= 15 is 0 Å². The Kier molecular flexibility index (Phi) is 6.14. The SMILES string of the molecule is COC(=O)CC(CCCN)c1ccc(OC)nc1. The van der Waals surface area contributed by atoms with Gasteiger partial charge in [0.25, 0.3) is 0 Å². The third kappa shape index (κ3) is 4.33. The summed E-state index contributed by atoms with van der Waals surface area (Å²) in [5.41, 5.74) is 6.52. The van der Waals surface area contributed by atoms with Gasteiger partial charge in [0.2, 0.25) is 5.88 Å². The molecule has 18 heavy (non-hydrogen) atoms. The lowest BCUT2D eigenvalue weighted by Gasteiger charge is -2.15. The van der Waals surface area contributed by atoms with Crippen LogP contribution in [0.2, 0.25) is 0 Å². The molecule has 1 aromatic rings. The molecule has 5 nitrogen and oxygen atoms in total. The third-order valence-electron chi connectivity index (χ3n) is 2.84. The zero-order valence-electron chi connectivity index (χ0n) is 10.9. The average molecular weight is 252 g/mol. The van der Waals surface area contributed by atoms with Crippen LogP contribution < -0.4 is 10.5 Å². The van der Waals surface area contributed by atoms with Gasteiger partial charge in [0.05, 0.1) is 20.6 Å². The van der Waals surface area contributed by atoms with Crippen LogP contribution in [0.15, 0.2) is 18.3 Å². The molecule has 1 atom stereocenters. The summed E-state index contributed by atoms with van der Waals surface area (Å²) >= 11 is 0. The normalized spacial score (nSPS) is 11.9. The number of rotatable bonds is 7. The highest BCUT2D eigenvalue weighted by molar-refractivity contribution is 5.70. The number of hydrogen-bond donors (Lipinski definition) is 1. The first-order valence-electron chi connectivity index (χ1n) is 5.98. The van der Waals surface area contributed by atoms with Crippen LogP contribution in [0.1, 0.15) is 30.7 Å². The Morgan fingerprint density at radius 2 is 2.22 bits per heavy atom. The minimum atomic E-state index is -0.215. The van der Waals surface area contributed by atoms with Gasteiger partial charge in [-0.05, 0) is 30.9 Å². The largest absolute Gasteiger partial charge is 0.481 e. The zero-order chi connectivity index (χ0) is 13.4. The number of aromatic nitrogens is 1. The molecule has 0 amide bonds. The second-order valence-electron chi connectivity index (χ2n) is 4.04. The van der Waals surface area contributed by atoms with Crippen LogP contribution in [0, 0.1) is 0 Å². The van der Waals surface area contributed by atoms with Crippen molar-refractivity contribution in [2.24, 2.45) is 5.73 Å². The van der Waals surface area contributed by atoms with Crippen molar-refractivity contribution in [1.82, 2.24) is 4.98 Å². The Morgan fingerprint density at radius 1 is 1.44 bits per heavy atom. The van der Waals surface area contributed by atoms with Gasteiger partial charge in [-0.1, -0.05) is 6.07 Å². The highest BCUT2D eigenvalue weighted by Gasteiger charge is 2.16. The molecule has 0 spiro atoms. The van der Waals surface area contributed by atoms with E-state index in [2.05, 4.69) is 4.98 Å². The van der Waals surface area contributed by atoms with Crippen LogP contribution in [0.3, 0.4) is 0 Å². The molecule has 0 fully saturated rings. The van der Waals surface area contributed by atoms with Crippen molar-refractivity contribution in [1.29, 1.82) is 0 Å². The topological polar surface area (TPSA) is 74.4 Å². The maximum Gasteiger partial charge on any atom is 0.306 e. The van der Waals surface area contributed by atoms with Crippen molar-refractivity contribution in [2.75, 3.05) is 20.8 Å². The molecular formula is C13H20N2O3. The minimum absolute atomic E-state index is 0.0967. The first-order valence-corrected chi connectivity index (χ1v) is 5.98. The van der Waals surface area contributed by atoms with Gasteiger partial charge in [0.15, 0.2) is 0 Å². The van der Waals surface area contributed by atoms with E-state index in [0.29, 0.717) is 18.8 Å². The molecule has 0 saturated heterocycles. The smallest absolute Gasteiger partial charge is 0.306 e. The number of carbonyl (C=O) groups excluding carboxylic acids is 1. The van der Waals surface area contributed by atoms with Gasteiger partial charge in [-0.3, -0.25) is 4.79 Å². The van der Waals surface area contributed by atoms with Crippen molar-refractivity contribution in [3.63, 3.8) is 0 Å². The minimum Gasteiger partial charge on any atom is -0.481 e. The molecule has 1 rings (SSSR count). The molecule has 0 aromatic carbocycles. The second kappa shape index (κ2) is 7.66. The summed E-state index contributed by atoms with van der Waals surface area (Å²) in [5.74, 6) is 0.446. The van der Waals surface area contributed by atoms with E-state index in [0.717, 1.165) is 18.4 Å². The molecule has 5 heteroatoms. The molecule has 1 unspecified atom stereocenters. The maximum absolute atomic E-state index is 11.4. The van der Waals surface area contributed by atoms with E-state index < -0.39 is 0 Å². The van der Waals surface area contributed by atoms with Crippen LogP contribution in [-0.2, 0) is 9.53 Å². The molecule has 2 N–H and O–H groups in total. The van der Waals surface area contributed by atoms with E-state index in [1.165, 1.54) is 7.11 Å². The lowest BCUT2D eigenvalue weighted by Crippen LogP contribution is -2.11. The summed E-state index contributed by atoms with van der Waals surface area (Å²) in [7, 11) is 2.97. The van der Waals surface area contributed by atoms with Crippen molar-refractivity contribution >= 4 is 5.97 Å². The van der Waals surface area contributed by atoms with Crippen LogP contribution >= 0.6 is 0 Å². The fourth-order valence-corrected chi connectivity index (χ4v) is 1.79. The van der Waals surface area contributed by atoms with E-state index in [4.69, 9.17) is 15.2 Å². The number of esters is 1. The Balaban J connectivity index is 2.75. The fraction of sp³-hybridized carbons (Fsp3) is 0.538. The summed E-state index contributed by atoms with van der Waals surface area (Å²) < 4.78 is 9.72. The molecule has 0 saturated carbocycles. The lowest BCUT2D eigenvalue weighted by atomic mass is 9.92. The average Bonchev–Trinajstić information content (AvgIpc) is 2.43. The fourth-order valence-electron chi connectivity index (χ4n) is 1.79. The molecule has 0 aliphatic carbocycles. The summed E-state index contributed by atoms with van der Waals surface area (Å²) in [4.78, 5) is 15.5. The van der Waals surface area contributed by atoms with Gasteiger partial charge in [0.1, 0.15) is 0 Å². The maximum atomic E-state index is 11.4. The van der Waals surface area contributed by atoms with E-state index in [1.54, 1.807) is 19.4 Å². The predicted octanol–water partition coefficient (Wildman–Crippen LogP) is 1.48. The Bertz CT molecular complexity index is 365. The highest BCUT2D eigenvalue weighted by Crippen LogP contribution is 2.25. The quantitative estimate of drug-likeness (QED) is 0.744. The Morgan fingerprint density at radius 3 is 2.72 bits per heavy atom. The number of nitrogens with two attached hydrogens (primary N) is 1. The number of ether oxygens (including phenoxy) is 2. The summed E-state index contributed by atoms with van der Waals surface area (Å²) in [6.45, 7) is 0.612. The predicted molar refractivity (Wildman–Crippen MR) is 68.5 cm³/mol. The van der Waals surface area contributed by atoms with Crippen molar-refractivity contribution < 1.29 is 14.3 Å². The molecule has 0 radical (unpaired) electrons. The lowest BCUT2D eigenvalue weighted by molar-refractivity contribution is -0.141. The van der Waals surface area contributed by atoms with E-state index in [9.17, 15) is 4.79 Å². The number of pyridine rings is 1. The van der Waals surface area contributed by atoms with Gasteiger partial charge in [-0.25, -0.2) is 4.98 Å². The van der Waals surface area contributed by atoms with E-state index in [-0.39, 0.29) is 11.9 Å². The highest BCUT2D eigenvalue weighted by atomic mass is 16.5. The van der Waals surface area contributed by atoms with E-state index in [1.807, 2.05) is 6.07 Å². The molecule has 100 valence electrons. The molecule has 1 aromatic heterocycles. The summed E-state index contributed by atoms with van der Waals surface area (Å²) in [5, 5.41) is 0. The first kappa shape index (κ1) is 14.4. The number of methoxy groups -OCH3 is 2. The van der Waals surface area contributed by atoms with Gasteiger partial charge in [-0.15, -0.1) is 0 Å². The van der Waals surface area contributed by atoms with Gasteiger partial charge in [0, 0.05) is 12.3 Å². The summed E-state index contributed by atoms with van der Waals surface area (Å²) in [6, 6.07) is 3.72. The van der Waals surface area contributed by atoms with Gasteiger partial charge < -0.3 is 15.2 Å². The third-order valence-corrected chi connectivity index (χ3v) is 2.84. The first-order chi connectivity index (χ1) is 8.71. The molecule has 0 aliphatic heterocycles. The standard InChI is InChI=1S/C13H20N2O3/c1-17-12-6-5-11(9-15-12)10(4-3-7-14)8-13(16)18-2/h5-6,9-10H,3-4,7-8,14H2,1-2H3. The molecular weight excluding hydrogens is 232 g/mol. The van der Waals surface area contributed by atoms with Crippen molar-refractivity contribution in [3.05, 3.63) is 23.9 Å². The number of hydrogen-bond acceptors (Lipinski definition) is 5. The Hall–Kier alpha value is -1.62. The number of nitrogens with zero attached hydrogens (tertiary/aromatic N) is 1. The summed E-state index contributed by atoms with van der Waals surface area (Å²) in [6.07, 6.45) is 3.81. The van der Waals surface area contributed by atoms with Gasteiger partial charge in [-0.2, -0.15) is 0 Å². The van der Waals surface area contributed by atoms with Gasteiger partial charge >= 0.3 is 5.97 Å². The van der Waals surface area contributed by atoms with Crippen LogP contribution in [-0.4, -0.2) is 31.7 Å². The number of carbonyl (C=O) groups is 1. The van der Waals surface area contributed by atoms with Crippen LogP contribution in [0.4, 0.5) is 0 Å². The molecule has 0 aliphatic rings. The Labute approximate surface area is 107 Å². The molecule has 1 heterocycles. The van der Waals surface area contributed by atoms with Crippen LogP contribution in [0.5, 0.6) is 5.88 Å². The second-order valence-corrected chi connectivity index (χ2v) is 4.04. The molecule has 0 bridgehead atoms. The van der Waals surface area contributed by atoms with Crippen LogP contribution in [0.25, 0.3) is 0 Å². The van der Waals surface area contributed by atoms with Crippen molar-refractivity contribution in [3.8, 4) is 5.88 Å². The van der Waals surface area contributed by atoms with Crippen molar-refractivity contribution in [2.45, 2.75) is 25.2 Å².